The van der Waals surface area contributed by atoms with Crippen LogP contribution in [0.4, 0.5) is 5.69 Å². The molecule has 26 heavy (non-hydrogen) atoms. The maximum atomic E-state index is 12.5. The quantitative estimate of drug-likeness (QED) is 0.812. The van der Waals surface area contributed by atoms with E-state index >= 15 is 0 Å². The molecule has 0 saturated carbocycles. The van der Waals surface area contributed by atoms with Gasteiger partial charge in [0.2, 0.25) is 15.9 Å². The molecular formula is C19H24N2O4S. The summed E-state index contributed by atoms with van der Waals surface area (Å²) in [6.07, 6.45) is 0. The summed E-state index contributed by atoms with van der Waals surface area (Å²) < 4.78 is 32.6. The number of hydrogen-bond acceptors (Lipinski definition) is 4. The summed E-state index contributed by atoms with van der Waals surface area (Å²) in [5, 5.41) is 2.75. The lowest BCUT2D eigenvalue weighted by Gasteiger charge is -2.16. The van der Waals surface area contributed by atoms with Crippen molar-refractivity contribution in [2.75, 3.05) is 12.4 Å². The van der Waals surface area contributed by atoms with Crippen LogP contribution in [0.3, 0.4) is 0 Å². The second-order valence-electron chi connectivity index (χ2n) is 6.28. The SMILES string of the molecule is COc1ccc(S(=O)(=O)N[C@@H](C)C(=O)Nc2ccc(C)cc2C)cc1C. The zero-order valence-corrected chi connectivity index (χ0v) is 16.4. The molecule has 0 unspecified atom stereocenters. The average Bonchev–Trinajstić information content (AvgIpc) is 2.56. The maximum absolute atomic E-state index is 12.5. The van der Waals surface area contributed by atoms with Gasteiger partial charge in [0, 0.05) is 5.69 Å². The van der Waals surface area contributed by atoms with Crippen molar-refractivity contribution in [2.45, 2.75) is 38.6 Å². The van der Waals surface area contributed by atoms with E-state index in [1.54, 1.807) is 19.1 Å². The summed E-state index contributed by atoms with van der Waals surface area (Å²) in [5.41, 5.74) is 3.36. The standard InChI is InChI=1S/C19H24N2O4S/c1-12-6-8-17(13(2)10-12)20-19(22)15(4)21-26(23,24)16-7-9-18(25-5)14(3)11-16/h6-11,15,21H,1-5H3,(H,20,22)/t15-/m0/s1. The Labute approximate surface area is 154 Å². The maximum Gasteiger partial charge on any atom is 0.242 e. The molecule has 1 atom stereocenters. The van der Waals surface area contributed by atoms with Crippen molar-refractivity contribution in [3.8, 4) is 5.75 Å². The van der Waals surface area contributed by atoms with E-state index in [4.69, 9.17) is 4.74 Å². The fourth-order valence-corrected chi connectivity index (χ4v) is 3.85. The van der Waals surface area contributed by atoms with Crippen molar-refractivity contribution < 1.29 is 17.9 Å². The van der Waals surface area contributed by atoms with E-state index in [1.165, 1.54) is 26.2 Å². The normalized spacial score (nSPS) is 12.5. The number of carbonyl (C=O) groups excluding carboxylic acids is 1. The largest absolute Gasteiger partial charge is 0.496 e. The Morgan fingerprint density at radius 2 is 1.73 bits per heavy atom. The summed E-state index contributed by atoms with van der Waals surface area (Å²) in [5.74, 6) is 0.176. The Balaban J connectivity index is 2.13. The monoisotopic (exact) mass is 376 g/mol. The van der Waals surface area contributed by atoms with Crippen LogP contribution in [0, 0.1) is 20.8 Å². The molecule has 0 aliphatic rings. The molecule has 0 fully saturated rings. The summed E-state index contributed by atoms with van der Waals surface area (Å²) >= 11 is 0. The highest BCUT2D eigenvalue weighted by Crippen LogP contribution is 2.21. The number of benzene rings is 2. The van der Waals surface area contributed by atoms with Gasteiger partial charge in [0.1, 0.15) is 5.75 Å². The van der Waals surface area contributed by atoms with Gasteiger partial charge in [-0.2, -0.15) is 4.72 Å². The second-order valence-corrected chi connectivity index (χ2v) is 8.00. The molecule has 0 aliphatic carbocycles. The molecule has 0 heterocycles. The average molecular weight is 376 g/mol. The number of sulfonamides is 1. The third-order valence-corrected chi connectivity index (χ3v) is 5.58. The molecule has 1 amide bonds. The molecule has 140 valence electrons. The molecule has 2 N–H and O–H groups in total. The zero-order valence-electron chi connectivity index (χ0n) is 15.6. The van der Waals surface area contributed by atoms with Gasteiger partial charge in [0.05, 0.1) is 18.0 Å². The van der Waals surface area contributed by atoms with Gasteiger partial charge >= 0.3 is 0 Å². The molecule has 2 rings (SSSR count). The predicted octanol–water partition coefficient (Wildman–Crippen LogP) is 2.93. The first kappa shape index (κ1) is 19.9. The molecule has 0 bridgehead atoms. The first-order chi connectivity index (χ1) is 12.1. The molecule has 2 aromatic rings. The Morgan fingerprint density at radius 3 is 2.31 bits per heavy atom. The van der Waals surface area contributed by atoms with Crippen LogP contribution in [0.25, 0.3) is 0 Å². The van der Waals surface area contributed by atoms with Crippen molar-refractivity contribution in [1.29, 1.82) is 0 Å². The first-order valence-corrected chi connectivity index (χ1v) is 9.67. The lowest BCUT2D eigenvalue weighted by molar-refractivity contribution is -0.117. The van der Waals surface area contributed by atoms with E-state index in [0.29, 0.717) is 17.0 Å². The molecule has 0 aromatic heterocycles. The van der Waals surface area contributed by atoms with Gasteiger partial charge in [-0.15, -0.1) is 0 Å². The van der Waals surface area contributed by atoms with Crippen molar-refractivity contribution in [3.63, 3.8) is 0 Å². The van der Waals surface area contributed by atoms with E-state index in [-0.39, 0.29) is 4.90 Å². The van der Waals surface area contributed by atoms with Gasteiger partial charge in [0.15, 0.2) is 0 Å². The molecule has 0 radical (unpaired) electrons. The minimum atomic E-state index is -3.83. The van der Waals surface area contributed by atoms with E-state index in [1.807, 2.05) is 26.0 Å². The Hall–Kier alpha value is -2.38. The van der Waals surface area contributed by atoms with Crippen molar-refractivity contribution in [1.82, 2.24) is 4.72 Å². The minimum Gasteiger partial charge on any atom is -0.496 e. The zero-order chi connectivity index (χ0) is 19.5. The highest BCUT2D eigenvalue weighted by molar-refractivity contribution is 7.89. The number of aryl methyl sites for hydroxylation is 3. The van der Waals surface area contributed by atoms with Crippen LogP contribution < -0.4 is 14.8 Å². The van der Waals surface area contributed by atoms with Crippen LogP contribution in [0.1, 0.15) is 23.6 Å². The van der Waals surface area contributed by atoms with Crippen LogP contribution in [-0.2, 0) is 14.8 Å². The van der Waals surface area contributed by atoms with Gasteiger partial charge < -0.3 is 10.1 Å². The van der Waals surface area contributed by atoms with E-state index in [9.17, 15) is 13.2 Å². The number of ether oxygens (including phenoxy) is 1. The number of nitrogens with one attached hydrogen (secondary N) is 2. The fraction of sp³-hybridized carbons (Fsp3) is 0.316. The lowest BCUT2D eigenvalue weighted by atomic mass is 10.1. The van der Waals surface area contributed by atoms with Crippen molar-refractivity contribution >= 4 is 21.6 Å². The Bertz CT molecular complexity index is 923. The van der Waals surface area contributed by atoms with Crippen LogP contribution in [0.2, 0.25) is 0 Å². The number of carbonyl (C=O) groups is 1. The number of hydrogen-bond donors (Lipinski definition) is 2. The van der Waals surface area contributed by atoms with Gasteiger partial charge in [-0.05, 0) is 63.1 Å². The summed E-state index contributed by atoms with van der Waals surface area (Å²) in [6, 6.07) is 9.25. The van der Waals surface area contributed by atoms with Crippen molar-refractivity contribution in [3.05, 3.63) is 53.1 Å². The lowest BCUT2D eigenvalue weighted by Crippen LogP contribution is -2.41. The van der Waals surface area contributed by atoms with Crippen LogP contribution >= 0.6 is 0 Å². The number of methoxy groups -OCH3 is 1. The van der Waals surface area contributed by atoms with E-state index < -0.39 is 22.0 Å². The third-order valence-electron chi connectivity index (χ3n) is 4.04. The van der Waals surface area contributed by atoms with Crippen molar-refractivity contribution in [2.24, 2.45) is 0 Å². The van der Waals surface area contributed by atoms with Crippen LogP contribution in [-0.4, -0.2) is 27.5 Å². The number of anilines is 1. The Morgan fingerprint density at radius 1 is 1.04 bits per heavy atom. The minimum absolute atomic E-state index is 0.0852. The van der Waals surface area contributed by atoms with Gasteiger partial charge in [-0.3, -0.25) is 4.79 Å². The Kier molecular flexibility index (Phi) is 6.05. The van der Waals surface area contributed by atoms with Gasteiger partial charge in [-0.1, -0.05) is 17.7 Å². The number of amides is 1. The molecule has 2 aromatic carbocycles. The fourth-order valence-electron chi connectivity index (χ4n) is 2.57. The summed E-state index contributed by atoms with van der Waals surface area (Å²) in [4.78, 5) is 12.5. The molecule has 0 spiro atoms. The molecule has 0 saturated heterocycles. The summed E-state index contributed by atoms with van der Waals surface area (Å²) in [7, 11) is -2.31. The van der Waals surface area contributed by atoms with Gasteiger partial charge in [0.25, 0.3) is 0 Å². The molecule has 0 aliphatic heterocycles. The molecule has 7 heteroatoms. The highest BCUT2D eigenvalue weighted by Gasteiger charge is 2.23. The number of rotatable bonds is 6. The van der Waals surface area contributed by atoms with Gasteiger partial charge in [-0.25, -0.2) is 8.42 Å². The van der Waals surface area contributed by atoms with E-state index in [2.05, 4.69) is 10.0 Å². The molecule has 6 nitrogen and oxygen atoms in total. The second kappa shape index (κ2) is 7.88. The smallest absolute Gasteiger partial charge is 0.242 e. The predicted molar refractivity (Wildman–Crippen MR) is 102 cm³/mol. The van der Waals surface area contributed by atoms with E-state index in [0.717, 1.165) is 11.1 Å². The first-order valence-electron chi connectivity index (χ1n) is 8.19. The van der Waals surface area contributed by atoms with Crippen LogP contribution in [0.5, 0.6) is 5.75 Å². The molecular weight excluding hydrogens is 352 g/mol. The third kappa shape index (κ3) is 4.62. The van der Waals surface area contributed by atoms with Crippen LogP contribution in [0.15, 0.2) is 41.3 Å². The highest BCUT2D eigenvalue weighted by atomic mass is 32.2. The summed E-state index contributed by atoms with van der Waals surface area (Å²) in [6.45, 7) is 7.12. The topological polar surface area (TPSA) is 84.5 Å².